The first kappa shape index (κ1) is 14.5. The van der Waals surface area contributed by atoms with Gasteiger partial charge in [-0.2, -0.15) is 0 Å². The number of carbonyl (C=O) groups excluding carboxylic acids is 1. The van der Waals surface area contributed by atoms with E-state index in [2.05, 4.69) is 28.9 Å². The highest BCUT2D eigenvalue weighted by Crippen LogP contribution is 2.41. The molecule has 3 heterocycles. The van der Waals surface area contributed by atoms with Gasteiger partial charge in [0.1, 0.15) is 0 Å². The van der Waals surface area contributed by atoms with Gasteiger partial charge in [0.2, 0.25) is 5.91 Å². The van der Waals surface area contributed by atoms with E-state index in [1.54, 1.807) is 0 Å². The summed E-state index contributed by atoms with van der Waals surface area (Å²) in [6, 6.07) is 4.17. The fourth-order valence-corrected chi connectivity index (χ4v) is 3.81. The van der Waals surface area contributed by atoms with Crippen LogP contribution < -0.4 is 0 Å². The van der Waals surface area contributed by atoms with Gasteiger partial charge in [-0.1, -0.05) is 0 Å². The summed E-state index contributed by atoms with van der Waals surface area (Å²) in [4.78, 5) is 21.2. The van der Waals surface area contributed by atoms with Crippen LogP contribution in [0.25, 0.3) is 0 Å². The van der Waals surface area contributed by atoms with Crippen molar-refractivity contribution in [3.8, 4) is 0 Å². The van der Waals surface area contributed by atoms with Crippen molar-refractivity contribution in [2.45, 2.75) is 39.2 Å². The van der Waals surface area contributed by atoms with Crippen LogP contribution in [0, 0.1) is 5.41 Å². The van der Waals surface area contributed by atoms with Crippen LogP contribution in [0.4, 0.5) is 0 Å². The molecule has 1 amide bonds. The molecule has 0 aromatic carbocycles. The van der Waals surface area contributed by atoms with Crippen molar-refractivity contribution in [3.05, 3.63) is 30.1 Å². The Bertz CT molecular complexity index is 490. The topological polar surface area (TPSA) is 36.4 Å². The van der Waals surface area contributed by atoms with Crippen molar-refractivity contribution in [1.29, 1.82) is 0 Å². The number of likely N-dealkylation sites (tertiary alicyclic amines) is 2. The highest BCUT2D eigenvalue weighted by molar-refractivity contribution is 5.84. The van der Waals surface area contributed by atoms with E-state index >= 15 is 0 Å². The van der Waals surface area contributed by atoms with Crippen LogP contribution in [-0.4, -0.2) is 46.9 Å². The number of pyridine rings is 1. The van der Waals surface area contributed by atoms with Gasteiger partial charge in [-0.05, 0) is 63.4 Å². The molecule has 4 nitrogen and oxygen atoms in total. The lowest BCUT2D eigenvalue weighted by Gasteiger charge is -2.26. The summed E-state index contributed by atoms with van der Waals surface area (Å²) >= 11 is 0. The molecule has 0 radical (unpaired) electrons. The maximum atomic E-state index is 12.6. The standard InChI is InChI=1S/C17H25N3O/c1-2-20-13-8-17(16(20)21)6-3-11-19(12-7-17)14-15-4-9-18-10-5-15/h4-5,9-10H,2-3,6-8,11-14H2,1H3/t17-/m1/s1. The first-order valence-corrected chi connectivity index (χ1v) is 8.14. The summed E-state index contributed by atoms with van der Waals surface area (Å²) in [5.74, 6) is 0.413. The van der Waals surface area contributed by atoms with Gasteiger partial charge in [-0.3, -0.25) is 14.7 Å². The first-order chi connectivity index (χ1) is 10.2. The molecule has 2 aliphatic heterocycles. The smallest absolute Gasteiger partial charge is 0.228 e. The van der Waals surface area contributed by atoms with Gasteiger partial charge < -0.3 is 4.90 Å². The van der Waals surface area contributed by atoms with E-state index in [4.69, 9.17) is 0 Å². The summed E-state index contributed by atoms with van der Waals surface area (Å²) in [5, 5.41) is 0. The zero-order valence-electron chi connectivity index (χ0n) is 12.9. The molecular weight excluding hydrogens is 262 g/mol. The van der Waals surface area contributed by atoms with Gasteiger partial charge in [0.25, 0.3) is 0 Å². The van der Waals surface area contributed by atoms with E-state index in [1.165, 1.54) is 5.56 Å². The molecule has 3 rings (SSSR count). The zero-order valence-corrected chi connectivity index (χ0v) is 12.9. The Morgan fingerprint density at radius 3 is 2.62 bits per heavy atom. The van der Waals surface area contributed by atoms with E-state index in [-0.39, 0.29) is 5.41 Å². The molecule has 1 aromatic rings. The van der Waals surface area contributed by atoms with Crippen molar-refractivity contribution >= 4 is 5.91 Å². The van der Waals surface area contributed by atoms with Crippen molar-refractivity contribution in [1.82, 2.24) is 14.8 Å². The molecule has 2 aliphatic rings. The zero-order chi connectivity index (χ0) is 14.7. The van der Waals surface area contributed by atoms with E-state index in [9.17, 15) is 4.79 Å². The Labute approximate surface area is 127 Å². The normalized spacial score (nSPS) is 27.3. The summed E-state index contributed by atoms with van der Waals surface area (Å²) < 4.78 is 0. The molecule has 0 unspecified atom stereocenters. The Morgan fingerprint density at radius 2 is 1.90 bits per heavy atom. The molecule has 1 atom stereocenters. The lowest BCUT2D eigenvalue weighted by atomic mass is 9.79. The fraction of sp³-hybridized carbons (Fsp3) is 0.647. The van der Waals surface area contributed by atoms with E-state index < -0.39 is 0 Å². The van der Waals surface area contributed by atoms with Crippen LogP contribution in [0.3, 0.4) is 0 Å². The summed E-state index contributed by atoms with van der Waals surface area (Å²) in [6.07, 6.45) is 7.99. The minimum atomic E-state index is -0.0526. The molecule has 0 N–H and O–H groups in total. The van der Waals surface area contributed by atoms with Gasteiger partial charge in [-0.15, -0.1) is 0 Å². The maximum Gasteiger partial charge on any atom is 0.228 e. The van der Waals surface area contributed by atoms with E-state index in [0.29, 0.717) is 5.91 Å². The molecule has 2 saturated heterocycles. The minimum Gasteiger partial charge on any atom is -0.342 e. The number of hydrogen-bond acceptors (Lipinski definition) is 3. The lowest BCUT2D eigenvalue weighted by molar-refractivity contribution is -0.136. The molecule has 1 spiro atoms. The molecule has 0 bridgehead atoms. The average Bonchev–Trinajstić information content (AvgIpc) is 2.69. The third-order valence-corrected chi connectivity index (χ3v) is 5.17. The lowest BCUT2D eigenvalue weighted by Crippen LogP contribution is -2.35. The van der Waals surface area contributed by atoms with Crippen molar-refractivity contribution < 1.29 is 4.79 Å². The van der Waals surface area contributed by atoms with Crippen LogP contribution in [0.5, 0.6) is 0 Å². The average molecular weight is 287 g/mol. The van der Waals surface area contributed by atoms with Crippen molar-refractivity contribution in [3.63, 3.8) is 0 Å². The van der Waals surface area contributed by atoms with E-state index in [1.807, 2.05) is 17.3 Å². The quantitative estimate of drug-likeness (QED) is 0.856. The van der Waals surface area contributed by atoms with Gasteiger partial charge in [0.05, 0.1) is 5.41 Å². The van der Waals surface area contributed by atoms with Gasteiger partial charge in [0, 0.05) is 32.0 Å². The third-order valence-electron chi connectivity index (χ3n) is 5.17. The molecular formula is C17H25N3O. The number of rotatable bonds is 3. The Balaban J connectivity index is 1.63. The largest absolute Gasteiger partial charge is 0.342 e. The van der Waals surface area contributed by atoms with Crippen molar-refractivity contribution in [2.24, 2.45) is 5.41 Å². The monoisotopic (exact) mass is 287 g/mol. The highest BCUT2D eigenvalue weighted by atomic mass is 16.2. The summed E-state index contributed by atoms with van der Waals surface area (Å²) in [5.41, 5.74) is 1.26. The summed E-state index contributed by atoms with van der Waals surface area (Å²) in [7, 11) is 0. The third kappa shape index (κ3) is 2.95. The van der Waals surface area contributed by atoms with Gasteiger partial charge in [-0.25, -0.2) is 0 Å². The Morgan fingerprint density at radius 1 is 1.14 bits per heavy atom. The Kier molecular flexibility index (Phi) is 4.24. The second-order valence-corrected chi connectivity index (χ2v) is 6.40. The molecule has 0 saturated carbocycles. The first-order valence-electron chi connectivity index (χ1n) is 8.14. The maximum absolute atomic E-state index is 12.6. The second-order valence-electron chi connectivity index (χ2n) is 6.40. The predicted octanol–water partition coefficient (Wildman–Crippen LogP) is 2.31. The molecule has 0 aliphatic carbocycles. The van der Waals surface area contributed by atoms with Gasteiger partial charge in [0.15, 0.2) is 0 Å². The minimum absolute atomic E-state index is 0.0526. The number of aromatic nitrogens is 1. The van der Waals surface area contributed by atoms with Crippen LogP contribution >= 0.6 is 0 Å². The number of nitrogens with zero attached hydrogens (tertiary/aromatic N) is 3. The highest BCUT2D eigenvalue weighted by Gasteiger charge is 2.46. The molecule has 1 aromatic heterocycles. The van der Waals surface area contributed by atoms with Crippen LogP contribution in [0.2, 0.25) is 0 Å². The summed E-state index contributed by atoms with van der Waals surface area (Å²) in [6.45, 7) is 7.02. The SMILES string of the molecule is CCN1CC[C@]2(CCCN(Cc3ccncc3)CC2)C1=O. The fourth-order valence-electron chi connectivity index (χ4n) is 3.81. The molecule has 114 valence electrons. The Hall–Kier alpha value is -1.42. The number of hydrogen-bond donors (Lipinski definition) is 0. The van der Waals surface area contributed by atoms with Crippen LogP contribution in [-0.2, 0) is 11.3 Å². The van der Waals surface area contributed by atoms with Crippen molar-refractivity contribution in [2.75, 3.05) is 26.2 Å². The molecule has 2 fully saturated rings. The number of amides is 1. The van der Waals surface area contributed by atoms with Crippen LogP contribution in [0.1, 0.15) is 38.2 Å². The molecule has 21 heavy (non-hydrogen) atoms. The predicted molar refractivity (Wildman–Crippen MR) is 82.7 cm³/mol. The van der Waals surface area contributed by atoms with E-state index in [0.717, 1.165) is 58.4 Å². The number of carbonyl (C=O) groups is 1. The van der Waals surface area contributed by atoms with Gasteiger partial charge >= 0.3 is 0 Å². The van der Waals surface area contributed by atoms with Crippen LogP contribution in [0.15, 0.2) is 24.5 Å². The molecule has 4 heteroatoms. The second kappa shape index (κ2) is 6.14.